The number of nitrogens with zero attached hydrogens (tertiary/aromatic N) is 1. The molecule has 2 aromatic rings. The predicted molar refractivity (Wildman–Crippen MR) is 81.1 cm³/mol. The van der Waals surface area contributed by atoms with Gasteiger partial charge in [-0.3, -0.25) is 5.32 Å². The number of urea groups is 1. The summed E-state index contributed by atoms with van der Waals surface area (Å²) in [6.45, 7) is 5.96. The second-order valence-electron chi connectivity index (χ2n) is 3.28. The van der Waals surface area contributed by atoms with Crippen LogP contribution in [0.5, 0.6) is 0 Å². The maximum Gasteiger partial charge on any atom is 0.318 e. The lowest BCUT2D eigenvalue weighted by Gasteiger charge is -1.96. The monoisotopic (exact) mass is 267 g/mol. The van der Waals surface area contributed by atoms with Crippen LogP contribution in [-0.4, -0.2) is 11.0 Å². The van der Waals surface area contributed by atoms with Crippen molar-refractivity contribution in [3.63, 3.8) is 0 Å². The Morgan fingerprint density at radius 3 is 2.50 bits per heavy atom. The molecule has 18 heavy (non-hydrogen) atoms. The molecule has 1 heterocycles. The molecule has 0 radical (unpaired) electrons. The van der Waals surface area contributed by atoms with Crippen molar-refractivity contribution in [2.24, 2.45) is 5.73 Å². The van der Waals surface area contributed by atoms with Crippen LogP contribution in [0, 0.1) is 6.92 Å². The van der Waals surface area contributed by atoms with Gasteiger partial charge in [-0.25, -0.2) is 9.78 Å². The number of hydrogen-bond acceptors (Lipinski definition) is 3. The molecule has 0 unspecified atom stereocenters. The second kappa shape index (κ2) is 6.76. The minimum absolute atomic E-state index is 0. The van der Waals surface area contributed by atoms with E-state index in [-0.39, 0.29) is 2.85 Å². The number of carbonyl (C=O) groups is 1. The number of carbonyl (C=O) groups excluding carboxylic acids is 1. The van der Waals surface area contributed by atoms with Crippen molar-refractivity contribution < 1.29 is 7.65 Å². The summed E-state index contributed by atoms with van der Waals surface area (Å²) in [5.74, 6) is 0. The molecule has 0 saturated heterocycles. The standard InChI is InChI=1S/C11H11N3OS.C2H6.2H2/c1-7-9(8-5-3-2-4-6-8)13-11(16-7)14-10(12)15;1-2;;/h2-6H,1H3,(H3,12,13,14,15);1-2H3;2*1H. The molecule has 4 nitrogen and oxygen atoms in total. The third-order valence-corrected chi connectivity index (χ3v) is 2.96. The number of nitrogens with one attached hydrogen (secondary N) is 1. The molecule has 0 aliphatic heterocycles. The van der Waals surface area contributed by atoms with Crippen molar-refractivity contribution in [1.29, 1.82) is 0 Å². The van der Waals surface area contributed by atoms with Gasteiger partial charge >= 0.3 is 6.03 Å². The first kappa shape index (κ1) is 14.2. The molecule has 0 saturated carbocycles. The highest BCUT2D eigenvalue weighted by atomic mass is 32.1. The summed E-state index contributed by atoms with van der Waals surface area (Å²) in [5.41, 5.74) is 6.96. The van der Waals surface area contributed by atoms with Crippen LogP contribution in [-0.2, 0) is 0 Å². The van der Waals surface area contributed by atoms with Crippen LogP contribution in [0.2, 0.25) is 0 Å². The number of nitrogens with two attached hydrogens (primary N) is 1. The van der Waals surface area contributed by atoms with Gasteiger partial charge in [0.15, 0.2) is 5.13 Å². The summed E-state index contributed by atoms with van der Waals surface area (Å²) in [7, 11) is 0. The molecular formula is C13H21N3OS. The summed E-state index contributed by atoms with van der Waals surface area (Å²) in [5, 5.41) is 3.01. The molecule has 0 fully saturated rings. The van der Waals surface area contributed by atoms with Crippen molar-refractivity contribution in [3.8, 4) is 11.3 Å². The van der Waals surface area contributed by atoms with E-state index in [4.69, 9.17) is 5.73 Å². The highest BCUT2D eigenvalue weighted by Gasteiger charge is 2.09. The molecule has 0 bridgehead atoms. The summed E-state index contributed by atoms with van der Waals surface area (Å²) in [6.07, 6.45) is 0. The number of amides is 2. The molecule has 0 atom stereocenters. The minimum Gasteiger partial charge on any atom is -0.351 e. The fraction of sp³-hybridized carbons (Fsp3) is 0.231. The summed E-state index contributed by atoms with van der Waals surface area (Å²) >= 11 is 1.41. The average molecular weight is 267 g/mol. The van der Waals surface area contributed by atoms with E-state index in [1.807, 2.05) is 51.1 Å². The van der Waals surface area contributed by atoms with E-state index in [0.29, 0.717) is 5.13 Å². The van der Waals surface area contributed by atoms with Crippen molar-refractivity contribution in [3.05, 3.63) is 35.2 Å². The third kappa shape index (κ3) is 3.56. The smallest absolute Gasteiger partial charge is 0.318 e. The van der Waals surface area contributed by atoms with Gasteiger partial charge in [-0.15, -0.1) is 11.3 Å². The van der Waals surface area contributed by atoms with Crippen molar-refractivity contribution in [2.45, 2.75) is 20.8 Å². The number of aromatic nitrogens is 1. The molecule has 0 spiro atoms. The van der Waals surface area contributed by atoms with E-state index in [1.54, 1.807) is 0 Å². The van der Waals surface area contributed by atoms with Gasteiger partial charge in [-0.05, 0) is 6.92 Å². The Bertz CT molecular complexity index is 518. The van der Waals surface area contributed by atoms with E-state index in [0.717, 1.165) is 16.1 Å². The van der Waals surface area contributed by atoms with E-state index in [1.165, 1.54) is 11.3 Å². The fourth-order valence-corrected chi connectivity index (χ4v) is 2.26. The molecule has 2 amide bonds. The van der Waals surface area contributed by atoms with Gasteiger partial charge < -0.3 is 5.73 Å². The zero-order chi connectivity index (χ0) is 13.5. The first-order chi connectivity index (χ1) is 8.66. The molecule has 0 aliphatic rings. The number of hydrogen-bond donors (Lipinski definition) is 2. The van der Waals surface area contributed by atoms with Crippen LogP contribution in [0.15, 0.2) is 30.3 Å². The lowest BCUT2D eigenvalue weighted by Crippen LogP contribution is -2.18. The van der Waals surface area contributed by atoms with Crippen LogP contribution >= 0.6 is 11.3 Å². The van der Waals surface area contributed by atoms with Gasteiger partial charge in [-0.1, -0.05) is 44.2 Å². The molecule has 1 aromatic carbocycles. The molecule has 1 aromatic heterocycles. The van der Waals surface area contributed by atoms with Crippen LogP contribution in [0.25, 0.3) is 11.3 Å². The Morgan fingerprint density at radius 2 is 1.94 bits per heavy atom. The Hall–Kier alpha value is -1.88. The number of rotatable bonds is 2. The number of benzene rings is 1. The lowest BCUT2D eigenvalue weighted by molar-refractivity contribution is 0.259. The van der Waals surface area contributed by atoms with Crippen LogP contribution in [0.1, 0.15) is 21.6 Å². The van der Waals surface area contributed by atoms with Crippen LogP contribution < -0.4 is 11.1 Å². The van der Waals surface area contributed by atoms with Crippen molar-refractivity contribution in [2.75, 3.05) is 5.32 Å². The zero-order valence-corrected chi connectivity index (χ0v) is 11.5. The first-order valence-electron chi connectivity index (χ1n) is 5.76. The van der Waals surface area contributed by atoms with Crippen molar-refractivity contribution >= 4 is 22.5 Å². The topological polar surface area (TPSA) is 68.0 Å². The Balaban J connectivity index is 0. The molecule has 100 valence electrons. The summed E-state index contributed by atoms with van der Waals surface area (Å²) in [6, 6.07) is 9.23. The Kier molecular flexibility index (Phi) is 5.32. The maximum absolute atomic E-state index is 10.7. The molecule has 3 N–H and O–H groups in total. The van der Waals surface area contributed by atoms with Gasteiger partial charge in [0, 0.05) is 13.3 Å². The van der Waals surface area contributed by atoms with E-state index >= 15 is 0 Å². The normalized spacial score (nSPS) is 9.28. The Labute approximate surface area is 114 Å². The zero-order valence-electron chi connectivity index (χ0n) is 10.7. The third-order valence-electron chi connectivity index (χ3n) is 2.07. The summed E-state index contributed by atoms with van der Waals surface area (Å²) < 4.78 is 0. The van der Waals surface area contributed by atoms with Crippen molar-refractivity contribution in [1.82, 2.24) is 4.98 Å². The quantitative estimate of drug-likeness (QED) is 0.859. The van der Waals surface area contributed by atoms with E-state index < -0.39 is 6.03 Å². The van der Waals surface area contributed by atoms with Gasteiger partial charge in [0.1, 0.15) is 0 Å². The average Bonchev–Trinajstić information content (AvgIpc) is 2.73. The second-order valence-corrected chi connectivity index (χ2v) is 4.48. The highest BCUT2D eigenvalue weighted by molar-refractivity contribution is 7.16. The van der Waals surface area contributed by atoms with Gasteiger partial charge in [-0.2, -0.15) is 0 Å². The number of primary amides is 1. The van der Waals surface area contributed by atoms with Gasteiger partial charge in [0.2, 0.25) is 0 Å². The van der Waals surface area contributed by atoms with E-state index in [2.05, 4.69) is 10.3 Å². The van der Waals surface area contributed by atoms with Crippen LogP contribution in [0.4, 0.5) is 9.93 Å². The lowest BCUT2D eigenvalue weighted by atomic mass is 10.1. The van der Waals surface area contributed by atoms with Crippen LogP contribution in [0.3, 0.4) is 0 Å². The predicted octanol–water partition coefficient (Wildman–Crippen LogP) is 4.13. The number of thiazole rings is 1. The minimum atomic E-state index is -0.589. The van der Waals surface area contributed by atoms with Gasteiger partial charge in [0.25, 0.3) is 0 Å². The van der Waals surface area contributed by atoms with Gasteiger partial charge in [0.05, 0.1) is 5.69 Å². The summed E-state index contributed by atoms with van der Waals surface area (Å²) in [4.78, 5) is 16.1. The molecule has 5 heteroatoms. The number of aryl methyl sites for hydroxylation is 1. The van der Waals surface area contributed by atoms with E-state index in [9.17, 15) is 4.79 Å². The first-order valence-corrected chi connectivity index (χ1v) is 6.58. The highest BCUT2D eigenvalue weighted by Crippen LogP contribution is 2.29. The molecule has 0 aliphatic carbocycles. The SMILES string of the molecule is CC.Cc1sc(NC(N)=O)nc1-c1ccccc1.[HH].[HH]. The fourth-order valence-electron chi connectivity index (χ4n) is 1.42. The maximum atomic E-state index is 10.7. The number of anilines is 1. The largest absolute Gasteiger partial charge is 0.351 e. The Morgan fingerprint density at radius 1 is 1.33 bits per heavy atom. The molecule has 2 rings (SSSR count). The molecular weight excluding hydrogens is 246 g/mol.